The number of hydrogen-bond acceptors (Lipinski definition) is 4. The van der Waals surface area contributed by atoms with Crippen LogP contribution in [0.15, 0.2) is 12.8 Å². The first kappa shape index (κ1) is 15.3. The van der Waals surface area contributed by atoms with Crippen molar-refractivity contribution in [1.82, 2.24) is 5.32 Å². The van der Waals surface area contributed by atoms with Crippen LogP contribution >= 0.6 is 15.6 Å². The normalized spacial score (nSPS) is 11.2. The second-order valence-corrected chi connectivity index (χ2v) is 4.17. The first-order valence-electron chi connectivity index (χ1n) is 2.73. The van der Waals surface area contributed by atoms with Gasteiger partial charge >= 0.3 is 15.6 Å². The SMILES string of the molecule is C=CNC.O=P(O)(O)OP(=O)(O)O. The molecule has 13 heavy (non-hydrogen) atoms. The lowest BCUT2D eigenvalue weighted by atomic mass is 11.0. The standard InChI is InChI=1S/C3H7N.H4O7P2/c1-3-4-2;1-8(2,3)7-9(4,5)6/h3-4H,1H2,2H3;(H2,1,2,3)(H2,4,5,6). The van der Waals surface area contributed by atoms with Gasteiger partial charge in [0.05, 0.1) is 0 Å². The van der Waals surface area contributed by atoms with Gasteiger partial charge in [0, 0.05) is 7.05 Å². The average molecular weight is 235 g/mol. The molecule has 0 bridgehead atoms. The number of nitrogens with one attached hydrogen (secondary N) is 1. The minimum Gasteiger partial charge on any atom is -0.394 e. The zero-order valence-electron chi connectivity index (χ0n) is 6.69. The Bertz CT molecular complexity index is 208. The summed E-state index contributed by atoms with van der Waals surface area (Å²) >= 11 is 0. The van der Waals surface area contributed by atoms with Crippen LogP contribution in [0.5, 0.6) is 0 Å². The highest BCUT2D eigenvalue weighted by Gasteiger charge is 2.27. The molecule has 0 radical (unpaired) electrons. The lowest BCUT2D eigenvalue weighted by Gasteiger charge is -2.03. The van der Waals surface area contributed by atoms with Crippen LogP contribution < -0.4 is 5.32 Å². The summed E-state index contributed by atoms with van der Waals surface area (Å²) in [7, 11) is -8.29. The molecule has 0 spiro atoms. The quantitative estimate of drug-likeness (QED) is 0.414. The van der Waals surface area contributed by atoms with Crippen molar-refractivity contribution in [3.05, 3.63) is 12.8 Å². The predicted octanol–water partition coefficient (Wildman–Crippen LogP) is -0.462. The fraction of sp³-hybridized carbons (Fsp3) is 0.333. The monoisotopic (exact) mass is 235 g/mol. The van der Waals surface area contributed by atoms with Crippen LogP contribution in [-0.2, 0) is 13.4 Å². The summed E-state index contributed by atoms with van der Waals surface area (Å²) in [6.45, 7) is 3.37. The van der Waals surface area contributed by atoms with Crippen molar-refractivity contribution in [2.75, 3.05) is 7.05 Å². The van der Waals surface area contributed by atoms with Gasteiger partial charge in [-0.2, -0.15) is 4.31 Å². The van der Waals surface area contributed by atoms with Crippen LogP contribution in [0, 0.1) is 0 Å². The fourth-order valence-corrected chi connectivity index (χ4v) is 1.25. The third kappa shape index (κ3) is 24.5. The second-order valence-electron chi connectivity index (χ2n) is 1.56. The molecule has 0 saturated carbocycles. The molecular formula is C3H11NO7P2. The second kappa shape index (κ2) is 6.28. The Hall–Kier alpha value is -0.200. The van der Waals surface area contributed by atoms with E-state index in [1.54, 1.807) is 6.20 Å². The first-order chi connectivity index (χ1) is 5.62. The van der Waals surface area contributed by atoms with E-state index >= 15 is 0 Å². The average Bonchev–Trinajstić information content (AvgIpc) is 1.80. The largest absolute Gasteiger partial charge is 0.478 e. The molecule has 0 atom stereocenters. The highest BCUT2D eigenvalue weighted by atomic mass is 31.3. The van der Waals surface area contributed by atoms with Crippen molar-refractivity contribution in [1.29, 1.82) is 0 Å². The van der Waals surface area contributed by atoms with Gasteiger partial charge in [-0.3, -0.25) is 0 Å². The molecule has 0 aliphatic rings. The molecule has 0 unspecified atom stereocenters. The van der Waals surface area contributed by atoms with Crippen LogP contribution in [0.2, 0.25) is 0 Å². The maximum Gasteiger partial charge on any atom is 0.478 e. The molecular weight excluding hydrogens is 224 g/mol. The molecule has 5 N–H and O–H groups in total. The van der Waals surface area contributed by atoms with Gasteiger partial charge in [-0.1, -0.05) is 6.58 Å². The van der Waals surface area contributed by atoms with Gasteiger partial charge in [0.1, 0.15) is 0 Å². The molecule has 0 amide bonds. The number of rotatable bonds is 3. The lowest BCUT2D eigenvalue weighted by molar-refractivity contribution is 0.225. The highest BCUT2D eigenvalue weighted by molar-refractivity contribution is 7.60. The Morgan fingerprint density at radius 3 is 1.46 bits per heavy atom. The fourth-order valence-electron chi connectivity index (χ4n) is 0.139. The van der Waals surface area contributed by atoms with Gasteiger partial charge in [-0.25, -0.2) is 9.13 Å². The predicted molar refractivity (Wildman–Crippen MR) is 44.4 cm³/mol. The van der Waals surface area contributed by atoms with Crippen molar-refractivity contribution in [3.8, 4) is 0 Å². The minimum atomic E-state index is -5.05. The zero-order valence-corrected chi connectivity index (χ0v) is 8.48. The van der Waals surface area contributed by atoms with Gasteiger partial charge < -0.3 is 24.9 Å². The van der Waals surface area contributed by atoms with Gasteiger partial charge in [-0.05, 0) is 6.20 Å². The lowest BCUT2D eigenvalue weighted by Crippen LogP contribution is -1.87. The molecule has 0 aliphatic carbocycles. The van der Waals surface area contributed by atoms with Crippen LogP contribution in [0.25, 0.3) is 0 Å². The van der Waals surface area contributed by atoms with Crippen molar-refractivity contribution in [2.45, 2.75) is 0 Å². The molecule has 0 saturated heterocycles. The van der Waals surface area contributed by atoms with E-state index in [4.69, 9.17) is 19.6 Å². The summed E-state index contributed by atoms with van der Waals surface area (Å²) in [5.74, 6) is 0. The van der Waals surface area contributed by atoms with E-state index in [9.17, 15) is 9.13 Å². The van der Waals surface area contributed by atoms with Crippen LogP contribution in [0.4, 0.5) is 0 Å². The Morgan fingerprint density at radius 2 is 1.46 bits per heavy atom. The van der Waals surface area contributed by atoms with E-state index in [2.05, 4.69) is 16.2 Å². The maximum atomic E-state index is 9.63. The van der Waals surface area contributed by atoms with Gasteiger partial charge in [0.2, 0.25) is 0 Å². The topological polar surface area (TPSA) is 136 Å². The molecule has 0 fully saturated rings. The van der Waals surface area contributed by atoms with Crippen LogP contribution in [-0.4, -0.2) is 26.6 Å². The zero-order chi connectivity index (χ0) is 11.1. The third-order valence-electron chi connectivity index (χ3n) is 0.417. The highest BCUT2D eigenvalue weighted by Crippen LogP contribution is 2.53. The van der Waals surface area contributed by atoms with E-state index in [1.807, 2.05) is 7.05 Å². The first-order valence-corrected chi connectivity index (χ1v) is 5.79. The van der Waals surface area contributed by atoms with Crippen LogP contribution in [0.3, 0.4) is 0 Å². The summed E-state index contributed by atoms with van der Waals surface area (Å²) < 4.78 is 22.2. The van der Waals surface area contributed by atoms with E-state index in [0.717, 1.165) is 0 Å². The molecule has 80 valence electrons. The van der Waals surface area contributed by atoms with Crippen molar-refractivity contribution in [3.63, 3.8) is 0 Å². The van der Waals surface area contributed by atoms with E-state index in [1.165, 1.54) is 0 Å². The Morgan fingerprint density at radius 1 is 1.23 bits per heavy atom. The molecule has 0 heterocycles. The summed E-state index contributed by atoms with van der Waals surface area (Å²) in [6.07, 6.45) is 1.62. The van der Waals surface area contributed by atoms with Crippen LogP contribution in [0.1, 0.15) is 0 Å². The summed E-state index contributed by atoms with van der Waals surface area (Å²) in [6, 6.07) is 0. The van der Waals surface area contributed by atoms with E-state index in [-0.39, 0.29) is 0 Å². The Kier molecular flexibility index (Phi) is 7.39. The van der Waals surface area contributed by atoms with E-state index < -0.39 is 15.6 Å². The van der Waals surface area contributed by atoms with Gasteiger partial charge in [-0.15, -0.1) is 0 Å². The van der Waals surface area contributed by atoms with Crippen molar-refractivity contribution in [2.24, 2.45) is 0 Å². The molecule has 0 aliphatic heterocycles. The molecule has 0 aromatic rings. The maximum absolute atomic E-state index is 9.63. The number of hydrogen-bond donors (Lipinski definition) is 5. The number of phosphoric acid groups is 2. The van der Waals surface area contributed by atoms with Gasteiger partial charge in [0.25, 0.3) is 0 Å². The summed E-state index contributed by atoms with van der Waals surface area (Å²) in [5.41, 5.74) is 0. The molecule has 0 aromatic heterocycles. The minimum absolute atomic E-state index is 1.62. The molecule has 8 nitrogen and oxygen atoms in total. The summed E-state index contributed by atoms with van der Waals surface area (Å²) in [5, 5.41) is 2.69. The van der Waals surface area contributed by atoms with Crippen molar-refractivity contribution >= 4 is 15.6 Å². The Labute approximate surface area is 74.7 Å². The smallest absolute Gasteiger partial charge is 0.394 e. The Balaban J connectivity index is 0. The van der Waals surface area contributed by atoms with Gasteiger partial charge in [0.15, 0.2) is 0 Å². The molecule has 0 rings (SSSR count). The van der Waals surface area contributed by atoms with Crippen molar-refractivity contribution < 1.29 is 33.0 Å². The van der Waals surface area contributed by atoms with E-state index in [0.29, 0.717) is 0 Å². The third-order valence-corrected chi connectivity index (χ3v) is 2.12. The molecule has 0 aromatic carbocycles. The molecule has 10 heteroatoms. The summed E-state index contributed by atoms with van der Waals surface area (Å²) in [4.78, 5) is 31.0.